The monoisotopic (exact) mass is 485 g/mol. The van der Waals surface area contributed by atoms with Gasteiger partial charge in [-0.1, -0.05) is 11.6 Å². The normalized spacial score (nSPS) is 12.4. The van der Waals surface area contributed by atoms with Crippen LogP contribution >= 0.6 is 11.6 Å². The van der Waals surface area contributed by atoms with Crippen LogP contribution in [0.2, 0.25) is 5.02 Å². The van der Waals surface area contributed by atoms with Gasteiger partial charge in [-0.15, -0.1) is 0 Å². The van der Waals surface area contributed by atoms with Crippen molar-refractivity contribution < 1.29 is 21.6 Å². The first kappa shape index (κ1) is 21.8. The smallest absolute Gasteiger partial charge is 0.271 e. The maximum atomic E-state index is 13.5. The number of halogens is 4. The predicted molar refractivity (Wildman–Crippen MR) is 109 cm³/mol. The molecule has 4 aromatic rings. The van der Waals surface area contributed by atoms with Gasteiger partial charge in [0.2, 0.25) is 10.0 Å². The molecule has 0 fully saturated rings. The lowest BCUT2D eigenvalue weighted by molar-refractivity contribution is -0.140. The number of aromatic nitrogens is 4. The summed E-state index contributed by atoms with van der Waals surface area (Å²) >= 11 is 5.85. The van der Waals surface area contributed by atoms with Crippen molar-refractivity contribution in [3.8, 4) is 11.4 Å². The van der Waals surface area contributed by atoms with E-state index in [2.05, 4.69) is 5.10 Å². The molecule has 0 aliphatic rings. The molecule has 14 heteroatoms. The largest absolute Gasteiger partial charge is 0.433 e. The second kappa shape index (κ2) is 7.32. The zero-order valence-electron chi connectivity index (χ0n) is 15.6. The molecule has 32 heavy (non-hydrogen) atoms. The van der Waals surface area contributed by atoms with E-state index >= 15 is 0 Å². The molecule has 0 radical (unpaired) electrons. The number of hydrogen-bond donors (Lipinski definition) is 2. The van der Waals surface area contributed by atoms with Crippen LogP contribution in [-0.2, 0) is 16.2 Å². The average molecular weight is 486 g/mol. The SMILES string of the molecule is NS(=O)(=O)c1ccc(-n2c(=O)c3c(C(F)(F)F)[nH]nc3n(-c3ccc(Cl)cc3)c2=O)cc1. The summed E-state index contributed by atoms with van der Waals surface area (Å²) in [6, 6.07) is 9.74. The van der Waals surface area contributed by atoms with Crippen LogP contribution in [0.15, 0.2) is 63.0 Å². The highest BCUT2D eigenvalue weighted by Crippen LogP contribution is 2.31. The number of alkyl halides is 3. The van der Waals surface area contributed by atoms with Gasteiger partial charge in [0.1, 0.15) is 5.39 Å². The van der Waals surface area contributed by atoms with E-state index in [0.717, 1.165) is 28.8 Å². The first-order valence-corrected chi connectivity index (χ1v) is 10.5. The number of primary sulfonamides is 1. The van der Waals surface area contributed by atoms with Gasteiger partial charge < -0.3 is 0 Å². The second-order valence-corrected chi connectivity index (χ2v) is 8.57. The third-order valence-electron chi connectivity index (χ3n) is 4.55. The number of nitrogens with one attached hydrogen (secondary N) is 1. The fourth-order valence-corrected chi connectivity index (χ4v) is 3.77. The lowest BCUT2D eigenvalue weighted by Gasteiger charge is -2.13. The molecule has 0 aliphatic carbocycles. The number of benzene rings is 2. The van der Waals surface area contributed by atoms with Crippen LogP contribution in [0, 0.1) is 0 Å². The Balaban J connectivity index is 2.13. The van der Waals surface area contributed by atoms with E-state index in [1.165, 1.54) is 24.3 Å². The van der Waals surface area contributed by atoms with Crippen LogP contribution in [-0.4, -0.2) is 27.7 Å². The molecule has 0 bridgehead atoms. The van der Waals surface area contributed by atoms with Crippen LogP contribution in [0.1, 0.15) is 5.69 Å². The van der Waals surface area contributed by atoms with E-state index in [1.54, 1.807) is 5.10 Å². The molecular formula is C18H11ClF3N5O4S. The summed E-state index contributed by atoms with van der Waals surface area (Å²) in [7, 11) is -4.08. The number of fused-ring (bicyclic) bond motifs is 1. The molecule has 2 aromatic heterocycles. The van der Waals surface area contributed by atoms with Gasteiger partial charge in [-0.3, -0.25) is 9.89 Å². The van der Waals surface area contributed by atoms with E-state index < -0.39 is 44.2 Å². The second-order valence-electron chi connectivity index (χ2n) is 6.57. The minimum absolute atomic E-state index is 0.0968. The van der Waals surface area contributed by atoms with Crippen molar-refractivity contribution in [2.24, 2.45) is 5.14 Å². The average Bonchev–Trinajstić information content (AvgIpc) is 3.15. The maximum Gasteiger partial charge on any atom is 0.433 e. The molecule has 4 rings (SSSR count). The molecule has 0 amide bonds. The fraction of sp³-hybridized carbons (Fsp3) is 0.0556. The van der Waals surface area contributed by atoms with Gasteiger partial charge in [-0.25, -0.2) is 27.5 Å². The number of hydrogen-bond acceptors (Lipinski definition) is 5. The van der Waals surface area contributed by atoms with Crippen LogP contribution in [0.3, 0.4) is 0 Å². The standard InChI is InChI=1S/C18H11ClF3N5O4S/c19-9-1-3-10(4-2-9)26-15-13(14(24-25-15)18(20,21)22)16(28)27(17(26)29)11-5-7-12(8-6-11)32(23,30)31/h1-8H,(H,24,25)(H2,23,30,31). The van der Waals surface area contributed by atoms with Crippen molar-refractivity contribution in [1.29, 1.82) is 0 Å². The number of nitrogens with zero attached hydrogens (tertiary/aromatic N) is 3. The molecule has 0 unspecified atom stereocenters. The van der Waals surface area contributed by atoms with Crippen molar-refractivity contribution in [2.75, 3.05) is 0 Å². The van der Waals surface area contributed by atoms with Gasteiger partial charge in [-0.2, -0.15) is 18.3 Å². The summed E-state index contributed by atoms with van der Waals surface area (Å²) in [5.41, 5.74) is -4.37. The highest BCUT2D eigenvalue weighted by molar-refractivity contribution is 7.89. The number of aromatic amines is 1. The molecule has 9 nitrogen and oxygen atoms in total. The number of rotatable bonds is 3. The molecule has 2 heterocycles. The summed E-state index contributed by atoms with van der Waals surface area (Å²) in [5, 5.41) is 9.81. The molecule has 0 saturated carbocycles. The Morgan fingerprint density at radius 2 is 1.47 bits per heavy atom. The summed E-state index contributed by atoms with van der Waals surface area (Å²) < 4.78 is 64.8. The highest BCUT2D eigenvalue weighted by atomic mass is 35.5. The predicted octanol–water partition coefficient (Wildman–Crippen LogP) is 2.18. The first-order chi connectivity index (χ1) is 14.9. The number of H-pyrrole nitrogens is 1. The van der Waals surface area contributed by atoms with E-state index in [9.17, 15) is 31.2 Å². The summed E-state index contributed by atoms with van der Waals surface area (Å²) in [5.74, 6) is 0. The van der Waals surface area contributed by atoms with E-state index in [1.807, 2.05) is 0 Å². The molecule has 0 spiro atoms. The van der Waals surface area contributed by atoms with Crippen molar-refractivity contribution >= 4 is 32.7 Å². The van der Waals surface area contributed by atoms with Gasteiger partial charge in [0.25, 0.3) is 5.56 Å². The first-order valence-electron chi connectivity index (χ1n) is 8.62. The molecule has 2 aromatic carbocycles. The van der Waals surface area contributed by atoms with Crippen molar-refractivity contribution in [3.63, 3.8) is 0 Å². The van der Waals surface area contributed by atoms with Crippen LogP contribution < -0.4 is 16.4 Å². The lowest BCUT2D eigenvalue weighted by Crippen LogP contribution is -2.38. The third kappa shape index (κ3) is 3.59. The summed E-state index contributed by atoms with van der Waals surface area (Å²) in [6.07, 6.45) is -4.97. The van der Waals surface area contributed by atoms with Gasteiger partial charge in [0.05, 0.1) is 16.3 Å². The Kier molecular flexibility index (Phi) is 4.99. The van der Waals surface area contributed by atoms with Gasteiger partial charge >= 0.3 is 11.9 Å². The molecular weight excluding hydrogens is 475 g/mol. The van der Waals surface area contributed by atoms with E-state index in [4.69, 9.17) is 16.7 Å². The Labute approximate surface area is 181 Å². The Morgan fingerprint density at radius 1 is 0.938 bits per heavy atom. The van der Waals surface area contributed by atoms with Crippen LogP contribution in [0.4, 0.5) is 13.2 Å². The third-order valence-corrected chi connectivity index (χ3v) is 5.73. The summed E-state index contributed by atoms with van der Waals surface area (Å²) in [4.78, 5) is 26.0. The molecule has 0 aliphatic heterocycles. The quantitative estimate of drug-likeness (QED) is 0.459. The number of nitrogens with two attached hydrogens (primary N) is 1. The van der Waals surface area contributed by atoms with E-state index in [0.29, 0.717) is 9.59 Å². The minimum Gasteiger partial charge on any atom is -0.271 e. The maximum absolute atomic E-state index is 13.5. The van der Waals surface area contributed by atoms with Crippen molar-refractivity contribution in [3.05, 3.63) is 80.1 Å². The topological polar surface area (TPSA) is 133 Å². The highest BCUT2D eigenvalue weighted by Gasteiger charge is 2.38. The molecule has 0 saturated heterocycles. The van der Waals surface area contributed by atoms with E-state index in [-0.39, 0.29) is 16.3 Å². The minimum atomic E-state index is -4.97. The van der Waals surface area contributed by atoms with Crippen LogP contribution in [0.25, 0.3) is 22.4 Å². The van der Waals surface area contributed by atoms with Gasteiger partial charge in [0.15, 0.2) is 11.3 Å². The molecule has 166 valence electrons. The Bertz CT molecular complexity index is 1570. The van der Waals surface area contributed by atoms with Crippen LogP contribution in [0.5, 0.6) is 0 Å². The fourth-order valence-electron chi connectivity index (χ4n) is 3.13. The van der Waals surface area contributed by atoms with Gasteiger partial charge in [0, 0.05) is 5.02 Å². The van der Waals surface area contributed by atoms with Crippen molar-refractivity contribution in [1.82, 2.24) is 19.3 Å². The summed E-state index contributed by atoms with van der Waals surface area (Å²) in [6.45, 7) is 0. The Hall–Kier alpha value is -3.42. The zero-order chi connectivity index (χ0) is 23.4. The molecule has 3 N–H and O–H groups in total. The lowest BCUT2D eigenvalue weighted by atomic mass is 10.2. The number of sulfonamides is 1. The zero-order valence-corrected chi connectivity index (χ0v) is 17.2. The molecule has 0 atom stereocenters. The van der Waals surface area contributed by atoms with Crippen molar-refractivity contribution in [2.45, 2.75) is 11.1 Å². The van der Waals surface area contributed by atoms with Gasteiger partial charge in [-0.05, 0) is 48.5 Å². The Morgan fingerprint density at radius 3 is 2.00 bits per heavy atom.